The predicted molar refractivity (Wildman–Crippen MR) is 88.3 cm³/mol. The summed E-state index contributed by atoms with van der Waals surface area (Å²) in [5, 5.41) is 3.43. The van der Waals surface area contributed by atoms with E-state index in [9.17, 15) is 4.79 Å². The molecule has 0 spiro atoms. The number of carbonyl (C=O) groups is 1. The average molecular weight is 351 g/mol. The molecule has 3 nitrogen and oxygen atoms in total. The van der Waals surface area contributed by atoms with Crippen molar-refractivity contribution >= 4 is 21.8 Å². The van der Waals surface area contributed by atoms with Crippen LogP contribution in [0.4, 0.5) is 0 Å². The van der Waals surface area contributed by atoms with Gasteiger partial charge >= 0.3 is 0 Å². The first kappa shape index (κ1) is 15.0. The molecule has 2 fully saturated rings. The number of nitrogens with zero attached hydrogens (tertiary/aromatic N) is 1. The highest BCUT2D eigenvalue weighted by Gasteiger charge is 2.30. The predicted octanol–water partition coefficient (Wildman–Crippen LogP) is 3.30. The summed E-state index contributed by atoms with van der Waals surface area (Å²) in [5.74, 6) is 0.933. The molecule has 1 saturated heterocycles. The largest absolute Gasteiger partial charge is 0.342 e. The monoisotopic (exact) mass is 350 g/mol. The molecule has 1 saturated carbocycles. The number of hydrogen-bond acceptors (Lipinski definition) is 2. The number of halogens is 1. The van der Waals surface area contributed by atoms with Crippen molar-refractivity contribution in [2.45, 2.75) is 44.1 Å². The molecular formula is C17H23BrN2O. The molecule has 1 aliphatic carbocycles. The minimum absolute atomic E-state index is 0.279. The molecule has 0 radical (unpaired) electrons. The van der Waals surface area contributed by atoms with Crippen LogP contribution in [0.25, 0.3) is 0 Å². The van der Waals surface area contributed by atoms with Crippen LogP contribution in [-0.4, -0.2) is 36.5 Å². The smallest absolute Gasteiger partial charge is 0.236 e. The maximum absolute atomic E-state index is 12.1. The van der Waals surface area contributed by atoms with Gasteiger partial charge in [0.25, 0.3) is 0 Å². The van der Waals surface area contributed by atoms with E-state index >= 15 is 0 Å². The summed E-state index contributed by atoms with van der Waals surface area (Å²) in [6.45, 7) is 2.41. The van der Waals surface area contributed by atoms with Gasteiger partial charge in [-0.1, -0.05) is 28.1 Å². The number of piperidine rings is 1. The van der Waals surface area contributed by atoms with E-state index in [2.05, 4.69) is 45.5 Å². The van der Waals surface area contributed by atoms with E-state index < -0.39 is 0 Å². The number of likely N-dealkylation sites (tertiary alicyclic amines) is 1. The van der Waals surface area contributed by atoms with Crippen molar-refractivity contribution in [1.29, 1.82) is 0 Å². The van der Waals surface area contributed by atoms with Crippen LogP contribution in [0, 0.1) is 0 Å². The molecule has 0 bridgehead atoms. The van der Waals surface area contributed by atoms with Crippen LogP contribution < -0.4 is 5.32 Å². The molecule has 0 aromatic heterocycles. The summed E-state index contributed by atoms with van der Waals surface area (Å²) in [6.07, 6.45) is 5.90. The van der Waals surface area contributed by atoms with E-state index in [4.69, 9.17) is 0 Å². The molecule has 2 aliphatic rings. The Labute approximate surface area is 135 Å². The van der Waals surface area contributed by atoms with Gasteiger partial charge in [-0.05, 0) is 55.7 Å². The lowest BCUT2D eigenvalue weighted by Gasteiger charge is -2.37. The number of carbonyl (C=O) groups excluding carboxylic acids is 1. The molecule has 114 valence electrons. The molecule has 0 atom stereocenters. The number of benzene rings is 1. The van der Waals surface area contributed by atoms with Gasteiger partial charge in [-0.3, -0.25) is 4.79 Å². The third-order valence-corrected chi connectivity index (χ3v) is 5.26. The second-order valence-corrected chi connectivity index (χ2v) is 7.15. The molecule has 3 rings (SSSR count). The lowest BCUT2D eigenvalue weighted by molar-refractivity contribution is -0.131. The van der Waals surface area contributed by atoms with Crippen molar-refractivity contribution in [2.24, 2.45) is 0 Å². The molecule has 1 heterocycles. The van der Waals surface area contributed by atoms with E-state index in [1.807, 2.05) is 4.90 Å². The number of rotatable bonds is 4. The minimum atomic E-state index is 0.279. The van der Waals surface area contributed by atoms with Gasteiger partial charge in [0.05, 0.1) is 6.54 Å². The summed E-state index contributed by atoms with van der Waals surface area (Å²) in [4.78, 5) is 14.1. The fourth-order valence-corrected chi connectivity index (χ4v) is 3.54. The van der Waals surface area contributed by atoms with Gasteiger partial charge in [-0.2, -0.15) is 0 Å². The fourth-order valence-electron chi connectivity index (χ4n) is 3.28. The van der Waals surface area contributed by atoms with Gasteiger partial charge in [0.1, 0.15) is 0 Å². The molecule has 1 aliphatic heterocycles. The topological polar surface area (TPSA) is 32.3 Å². The molecule has 1 aromatic carbocycles. The SMILES string of the molecule is O=C(CNC1CC(c2ccc(Br)cc2)C1)N1CCCCC1. The zero-order valence-electron chi connectivity index (χ0n) is 12.4. The highest BCUT2D eigenvalue weighted by Crippen LogP contribution is 2.37. The van der Waals surface area contributed by atoms with E-state index in [1.165, 1.54) is 24.8 Å². The van der Waals surface area contributed by atoms with Crippen LogP contribution in [0.3, 0.4) is 0 Å². The van der Waals surface area contributed by atoms with Gasteiger partial charge in [-0.15, -0.1) is 0 Å². The molecule has 21 heavy (non-hydrogen) atoms. The Kier molecular flexibility index (Phi) is 4.96. The summed E-state index contributed by atoms with van der Waals surface area (Å²) in [7, 11) is 0. The molecule has 1 amide bonds. The van der Waals surface area contributed by atoms with Crippen molar-refractivity contribution in [2.75, 3.05) is 19.6 Å². The second-order valence-electron chi connectivity index (χ2n) is 6.24. The quantitative estimate of drug-likeness (QED) is 0.903. The zero-order chi connectivity index (χ0) is 14.7. The van der Waals surface area contributed by atoms with E-state index in [0.29, 0.717) is 18.5 Å². The Bertz CT molecular complexity index is 476. The standard InChI is InChI=1S/C17H23BrN2O/c18-15-6-4-13(5-7-15)14-10-16(11-14)19-12-17(21)20-8-2-1-3-9-20/h4-7,14,16,19H,1-3,8-12H2. The summed E-state index contributed by atoms with van der Waals surface area (Å²) in [6, 6.07) is 9.12. The Balaban J connectivity index is 1.38. The number of nitrogens with one attached hydrogen (secondary N) is 1. The Morgan fingerprint density at radius 1 is 1.14 bits per heavy atom. The molecule has 1 N–H and O–H groups in total. The van der Waals surface area contributed by atoms with Crippen LogP contribution in [-0.2, 0) is 4.79 Å². The molecular weight excluding hydrogens is 328 g/mol. The van der Waals surface area contributed by atoms with Crippen molar-refractivity contribution < 1.29 is 4.79 Å². The van der Waals surface area contributed by atoms with Gasteiger partial charge in [0.15, 0.2) is 0 Å². The lowest BCUT2D eigenvalue weighted by Crippen LogP contribution is -2.47. The first-order valence-corrected chi connectivity index (χ1v) is 8.78. The van der Waals surface area contributed by atoms with Gasteiger partial charge < -0.3 is 10.2 Å². The summed E-state index contributed by atoms with van der Waals surface area (Å²) in [5.41, 5.74) is 1.42. The van der Waals surface area contributed by atoms with Crippen LogP contribution in [0.5, 0.6) is 0 Å². The molecule has 0 unspecified atom stereocenters. The van der Waals surface area contributed by atoms with Crippen molar-refractivity contribution in [3.8, 4) is 0 Å². The Morgan fingerprint density at radius 2 is 1.81 bits per heavy atom. The highest BCUT2D eigenvalue weighted by atomic mass is 79.9. The lowest BCUT2D eigenvalue weighted by atomic mass is 9.76. The summed E-state index contributed by atoms with van der Waals surface area (Å²) >= 11 is 3.47. The number of amides is 1. The third-order valence-electron chi connectivity index (χ3n) is 4.73. The van der Waals surface area contributed by atoms with E-state index in [1.54, 1.807) is 0 Å². The molecule has 4 heteroatoms. The molecule has 1 aromatic rings. The highest BCUT2D eigenvalue weighted by molar-refractivity contribution is 9.10. The van der Waals surface area contributed by atoms with Crippen LogP contribution in [0.15, 0.2) is 28.7 Å². The van der Waals surface area contributed by atoms with E-state index in [-0.39, 0.29) is 5.91 Å². The minimum Gasteiger partial charge on any atom is -0.342 e. The first-order chi connectivity index (χ1) is 10.2. The number of hydrogen-bond donors (Lipinski definition) is 1. The normalized spacial score (nSPS) is 25.5. The van der Waals surface area contributed by atoms with E-state index in [0.717, 1.165) is 30.4 Å². The van der Waals surface area contributed by atoms with Gasteiger partial charge in [-0.25, -0.2) is 0 Å². The third kappa shape index (κ3) is 3.86. The maximum Gasteiger partial charge on any atom is 0.236 e. The fraction of sp³-hybridized carbons (Fsp3) is 0.588. The van der Waals surface area contributed by atoms with Crippen LogP contribution in [0.2, 0.25) is 0 Å². The van der Waals surface area contributed by atoms with Crippen molar-refractivity contribution in [3.63, 3.8) is 0 Å². The maximum atomic E-state index is 12.1. The van der Waals surface area contributed by atoms with Crippen LogP contribution in [0.1, 0.15) is 43.6 Å². The Morgan fingerprint density at radius 3 is 2.48 bits per heavy atom. The first-order valence-electron chi connectivity index (χ1n) is 7.99. The average Bonchev–Trinajstić information content (AvgIpc) is 2.48. The van der Waals surface area contributed by atoms with Crippen molar-refractivity contribution in [3.05, 3.63) is 34.3 Å². The summed E-state index contributed by atoms with van der Waals surface area (Å²) < 4.78 is 1.13. The van der Waals surface area contributed by atoms with Crippen molar-refractivity contribution in [1.82, 2.24) is 10.2 Å². The van der Waals surface area contributed by atoms with Crippen LogP contribution >= 0.6 is 15.9 Å². The Hall–Kier alpha value is -0.870. The van der Waals surface area contributed by atoms with Gasteiger partial charge in [0.2, 0.25) is 5.91 Å². The second kappa shape index (κ2) is 6.93. The zero-order valence-corrected chi connectivity index (χ0v) is 13.9. The van der Waals surface area contributed by atoms with Gasteiger partial charge in [0, 0.05) is 23.6 Å².